The zero-order valence-corrected chi connectivity index (χ0v) is 14.4. The molecule has 0 amide bonds. The molecule has 3 atom stereocenters. The number of rotatable bonds is 5. The maximum atomic E-state index is 11.5. The maximum absolute atomic E-state index is 11.5. The molecule has 2 N–H and O–H groups in total. The Labute approximate surface area is 138 Å². The molecule has 1 aromatic rings. The van der Waals surface area contributed by atoms with Gasteiger partial charge in [-0.2, -0.15) is 0 Å². The van der Waals surface area contributed by atoms with Gasteiger partial charge in [-0.3, -0.25) is 5.32 Å². The lowest BCUT2D eigenvalue weighted by atomic mass is 9.96. The summed E-state index contributed by atoms with van der Waals surface area (Å²) in [4.78, 5) is 0.382. The van der Waals surface area contributed by atoms with E-state index >= 15 is 0 Å². The van der Waals surface area contributed by atoms with Crippen LogP contribution in [0.3, 0.4) is 0 Å². The van der Waals surface area contributed by atoms with Crippen molar-refractivity contribution in [1.29, 1.82) is 0 Å². The first-order valence-corrected chi connectivity index (χ1v) is 10.3. The van der Waals surface area contributed by atoms with E-state index in [-0.39, 0.29) is 6.04 Å². The summed E-state index contributed by atoms with van der Waals surface area (Å²) in [6.07, 6.45) is 6.10. The van der Waals surface area contributed by atoms with Crippen molar-refractivity contribution in [2.75, 3.05) is 26.0 Å². The van der Waals surface area contributed by atoms with Crippen molar-refractivity contribution in [3.05, 3.63) is 29.8 Å². The summed E-state index contributed by atoms with van der Waals surface area (Å²) < 4.78 is 28.5. The van der Waals surface area contributed by atoms with Crippen molar-refractivity contribution >= 4 is 9.84 Å². The normalized spacial score (nSPS) is 28.8. The van der Waals surface area contributed by atoms with Crippen molar-refractivity contribution in [1.82, 2.24) is 10.6 Å². The van der Waals surface area contributed by atoms with Crippen molar-refractivity contribution in [2.24, 2.45) is 5.92 Å². The van der Waals surface area contributed by atoms with Crippen LogP contribution in [0.1, 0.15) is 37.3 Å². The molecular formula is C17H26N2O3S. The number of piperidine rings is 1. The van der Waals surface area contributed by atoms with Crippen LogP contribution in [-0.2, 0) is 14.6 Å². The van der Waals surface area contributed by atoms with Gasteiger partial charge >= 0.3 is 0 Å². The van der Waals surface area contributed by atoms with Crippen LogP contribution in [0.5, 0.6) is 0 Å². The maximum Gasteiger partial charge on any atom is 0.175 e. The largest absolute Gasteiger partial charge is 0.381 e. The van der Waals surface area contributed by atoms with Gasteiger partial charge in [-0.15, -0.1) is 0 Å². The van der Waals surface area contributed by atoms with Gasteiger partial charge in [0, 0.05) is 25.4 Å². The summed E-state index contributed by atoms with van der Waals surface area (Å²) in [5, 5.41) is 7.26. The van der Waals surface area contributed by atoms with Gasteiger partial charge in [0.15, 0.2) is 9.84 Å². The van der Waals surface area contributed by atoms with Crippen LogP contribution in [0, 0.1) is 5.92 Å². The summed E-state index contributed by atoms with van der Waals surface area (Å²) in [6, 6.07) is 7.57. The Morgan fingerprint density at radius 3 is 2.65 bits per heavy atom. The summed E-state index contributed by atoms with van der Waals surface area (Å²) in [6.45, 7) is 2.76. The molecule has 3 rings (SSSR count). The number of hydrogen-bond donors (Lipinski definition) is 2. The Hall–Kier alpha value is -0.950. The molecule has 2 aliphatic heterocycles. The van der Waals surface area contributed by atoms with E-state index in [0.717, 1.165) is 44.6 Å². The molecule has 6 heteroatoms. The fraction of sp³-hybridized carbons (Fsp3) is 0.647. The zero-order valence-electron chi connectivity index (χ0n) is 13.6. The van der Waals surface area contributed by atoms with Crippen molar-refractivity contribution in [3.8, 4) is 0 Å². The monoisotopic (exact) mass is 338 g/mol. The lowest BCUT2D eigenvalue weighted by molar-refractivity contribution is 0.182. The molecule has 2 saturated heterocycles. The van der Waals surface area contributed by atoms with Crippen LogP contribution in [0.4, 0.5) is 0 Å². The van der Waals surface area contributed by atoms with E-state index in [9.17, 15) is 8.42 Å². The van der Waals surface area contributed by atoms with Crippen molar-refractivity contribution in [2.45, 2.75) is 42.8 Å². The quantitative estimate of drug-likeness (QED) is 0.858. The predicted octanol–water partition coefficient (Wildman–Crippen LogP) is 1.86. The Morgan fingerprint density at radius 1 is 1.22 bits per heavy atom. The van der Waals surface area contributed by atoms with Gasteiger partial charge in [0.1, 0.15) is 0 Å². The minimum absolute atomic E-state index is 0.287. The summed E-state index contributed by atoms with van der Waals surface area (Å²) in [5.74, 6) is 0.631. The zero-order chi connectivity index (χ0) is 16.3. The number of nitrogens with one attached hydrogen (secondary N) is 2. The Bertz CT molecular complexity index is 609. The molecule has 0 aromatic heterocycles. The van der Waals surface area contributed by atoms with Gasteiger partial charge in [-0.05, 0) is 49.3 Å². The first-order chi connectivity index (χ1) is 11.0. The van der Waals surface area contributed by atoms with E-state index in [0.29, 0.717) is 17.0 Å². The van der Waals surface area contributed by atoms with E-state index < -0.39 is 9.84 Å². The van der Waals surface area contributed by atoms with E-state index in [1.165, 1.54) is 12.7 Å². The molecule has 0 radical (unpaired) electrons. The van der Waals surface area contributed by atoms with Gasteiger partial charge < -0.3 is 10.1 Å². The molecular weight excluding hydrogens is 312 g/mol. The average Bonchev–Trinajstić information content (AvgIpc) is 3.06. The third kappa shape index (κ3) is 4.53. The van der Waals surface area contributed by atoms with E-state index in [4.69, 9.17) is 4.74 Å². The molecule has 0 spiro atoms. The molecule has 2 aliphatic rings. The molecule has 128 valence electrons. The second-order valence-corrected chi connectivity index (χ2v) is 8.70. The smallest absolute Gasteiger partial charge is 0.175 e. The highest BCUT2D eigenvalue weighted by Crippen LogP contribution is 2.26. The predicted molar refractivity (Wildman–Crippen MR) is 90.0 cm³/mol. The SMILES string of the molecule is CS(=O)(=O)c1ccc(C2CCCC(NCC3CCOC3)N2)cc1. The summed E-state index contributed by atoms with van der Waals surface area (Å²) >= 11 is 0. The first-order valence-electron chi connectivity index (χ1n) is 8.39. The van der Waals surface area contributed by atoms with Crippen molar-refractivity contribution in [3.63, 3.8) is 0 Å². The highest BCUT2D eigenvalue weighted by atomic mass is 32.2. The highest BCUT2D eigenvalue weighted by Gasteiger charge is 2.24. The first kappa shape index (κ1) is 16.9. The minimum atomic E-state index is -3.12. The Kier molecular flexibility index (Phi) is 5.36. The fourth-order valence-corrected chi connectivity index (χ4v) is 3.99. The second-order valence-electron chi connectivity index (χ2n) is 6.68. The number of ether oxygens (including phenoxy) is 1. The van der Waals surface area contributed by atoms with Crippen LogP contribution in [0.25, 0.3) is 0 Å². The summed E-state index contributed by atoms with van der Waals surface area (Å²) in [5.41, 5.74) is 1.16. The third-order valence-corrected chi connectivity index (χ3v) is 5.90. The molecule has 23 heavy (non-hydrogen) atoms. The van der Waals surface area contributed by atoms with Gasteiger partial charge in [-0.1, -0.05) is 12.1 Å². The topological polar surface area (TPSA) is 67.4 Å². The Morgan fingerprint density at radius 2 is 2.00 bits per heavy atom. The lowest BCUT2D eigenvalue weighted by Crippen LogP contribution is -2.48. The summed E-state index contributed by atoms with van der Waals surface area (Å²) in [7, 11) is -3.12. The molecule has 3 unspecified atom stereocenters. The standard InChI is InChI=1S/C17H26N2O3S/c1-23(20,21)15-7-5-14(6-8-15)16-3-2-4-17(19-16)18-11-13-9-10-22-12-13/h5-8,13,16-19H,2-4,9-12H2,1H3. The molecule has 5 nitrogen and oxygen atoms in total. The number of hydrogen-bond acceptors (Lipinski definition) is 5. The molecule has 0 bridgehead atoms. The van der Waals surface area contributed by atoms with E-state index in [2.05, 4.69) is 10.6 Å². The molecule has 0 aliphatic carbocycles. The third-order valence-electron chi connectivity index (χ3n) is 4.78. The fourth-order valence-electron chi connectivity index (χ4n) is 3.36. The van der Waals surface area contributed by atoms with Crippen LogP contribution in [0.15, 0.2) is 29.2 Å². The Balaban J connectivity index is 1.57. The average molecular weight is 338 g/mol. The van der Waals surface area contributed by atoms with Crippen LogP contribution in [0.2, 0.25) is 0 Å². The number of benzene rings is 1. The molecule has 2 heterocycles. The highest BCUT2D eigenvalue weighted by molar-refractivity contribution is 7.90. The molecule has 0 saturated carbocycles. The van der Waals surface area contributed by atoms with Gasteiger partial charge in [0.05, 0.1) is 17.7 Å². The number of sulfone groups is 1. The van der Waals surface area contributed by atoms with Gasteiger partial charge in [0.25, 0.3) is 0 Å². The van der Waals surface area contributed by atoms with Gasteiger partial charge in [-0.25, -0.2) is 8.42 Å². The minimum Gasteiger partial charge on any atom is -0.381 e. The molecule has 2 fully saturated rings. The van der Waals surface area contributed by atoms with Gasteiger partial charge in [0.2, 0.25) is 0 Å². The molecule has 1 aromatic carbocycles. The van der Waals surface area contributed by atoms with Crippen LogP contribution < -0.4 is 10.6 Å². The van der Waals surface area contributed by atoms with E-state index in [1.54, 1.807) is 12.1 Å². The van der Waals surface area contributed by atoms with E-state index in [1.807, 2.05) is 12.1 Å². The van der Waals surface area contributed by atoms with Crippen LogP contribution >= 0.6 is 0 Å². The lowest BCUT2D eigenvalue weighted by Gasteiger charge is -2.32. The van der Waals surface area contributed by atoms with Crippen LogP contribution in [-0.4, -0.2) is 40.6 Å². The second kappa shape index (κ2) is 7.30. The van der Waals surface area contributed by atoms with Crippen molar-refractivity contribution < 1.29 is 13.2 Å².